The lowest BCUT2D eigenvalue weighted by Crippen LogP contribution is -2.61. The first kappa shape index (κ1) is 27.2. The summed E-state index contributed by atoms with van der Waals surface area (Å²) in [6, 6.07) is 33.3. The predicted molar refractivity (Wildman–Crippen MR) is 189 cm³/mol. The van der Waals surface area contributed by atoms with E-state index in [9.17, 15) is 0 Å². The standard InChI is InChI=1S/C41H45NSi/c1-39(2)35-20-19-32-31-13-9-8-12-27(31)14-17-33(32)38(35)34-18-15-29(25-36(34)39)42-37-21-16-30(43(5,6)7)24-28(37)26-40(3)22-10-11-23-41(40,42)4/h8-9,12-21,24-25H,10-11,22-23,26H2,1-7H3. The first-order valence-electron chi connectivity index (χ1n) is 16.5. The fraction of sp³-hybridized carbons (Fsp3) is 0.366. The van der Waals surface area contributed by atoms with Crippen molar-refractivity contribution in [3.8, 4) is 11.1 Å². The molecule has 1 aliphatic heterocycles. The van der Waals surface area contributed by atoms with E-state index >= 15 is 0 Å². The largest absolute Gasteiger partial charge is 0.335 e. The van der Waals surface area contributed by atoms with Crippen molar-refractivity contribution in [2.45, 2.75) is 90.4 Å². The van der Waals surface area contributed by atoms with Gasteiger partial charge in [0.1, 0.15) is 0 Å². The first-order valence-corrected chi connectivity index (χ1v) is 20.0. The van der Waals surface area contributed by atoms with Crippen LogP contribution < -0.4 is 10.1 Å². The minimum Gasteiger partial charge on any atom is -0.335 e. The van der Waals surface area contributed by atoms with Crippen LogP contribution >= 0.6 is 0 Å². The average Bonchev–Trinajstić information content (AvgIpc) is 3.21. The molecule has 1 saturated carbocycles. The molecular weight excluding hydrogens is 535 g/mol. The molecule has 2 unspecified atom stereocenters. The molecule has 0 amide bonds. The smallest absolute Gasteiger partial charge is 0.0776 e. The SMILES string of the molecule is CC1(C)c2cc(N3c4ccc([Si](C)(C)C)cc4CC4(C)CCCCC34C)ccc2-c2c1ccc1c2ccc2ccccc21. The normalized spacial score (nSPS) is 24.0. The van der Waals surface area contributed by atoms with Crippen molar-refractivity contribution in [2.75, 3.05) is 4.90 Å². The molecule has 5 aromatic rings. The summed E-state index contributed by atoms with van der Waals surface area (Å²) in [6.45, 7) is 17.5. The van der Waals surface area contributed by atoms with Crippen LogP contribution in [0.25, 0.3) is 32.7 Å². The highest BCUT2D eigenvalue weighted by Crippen LogP contribution is 2.59. The summed E-state index contributed by atoms with van der Waals surface area (Å²) in [6.07, 6.45) is 6.40. The molecule has 1 heterocycles. The Morgan fingerprint density at radius 2 is 1.44 bits per heavy atom. The van der Waals surface area contributed by atoms with Gasteiger partial charge in [0.2, 0.25) is 0 Å². The van der Waals surface area contributed by atoms with E-state index in [4.69, 9.17) is 0 Å². The summed E-state index contributed by atoms with van der Waals surface area (Å²) in [5, 5.41) is 6.98. The van der Waals surface area contributed by atoms with Crippen LogP contribution in [0.5, 0.6) is 0 Å². The molecule has 2 atom stereocenters. The van der Waals surface area contributed by atoms with E-state index in [1.54, 1.807) is 10.8 Å². The zero-order valence-corrected chi connectivity index (χ0v) is 28.1. The van der Waals surface area contributed by atoms with Crippen LogP contribution in [-0.4, -0.2) is 13.6 Å². The third-order valence-electron chi connectivity index (χ3n) is 12.0. The molecule has 0 bridgehead atoms. The zero-order valence-electron chi connectivity index (χ0n) is 27.1. The van der Waals surface area contributed by atoms with Gasteiger partial charge in [0.05, 0.1) is 8.07 Å². The second-order valence-corrected chi connectivity index (χ2v) is 20.9. The molecule has 0 spiro atoms. The summed E-state index contributed by atoms with van der Waals surface area (Å²) >= 11 is 0. The molecule has 1 nitrogen and oxygen atoms in total. The molecule has 0 radical (unpaired) electrons. The lowest BCUT2D eigenvalue weighted by molar-refractivity contribution is 0.0863. The van der Waals surface area contributed by atoms with Gasteiger partial charge in [-0.05, 0) is 99.2 Å². The maximum absolute atomic E-state index is 2.80. The Morgan fingerprint density at radius 1 is 0.674 bits per heavy atom. The lowest BCUT2D eigenvalue weighted by Gasteiger charge is -2.60. The zero-order chi connectivity index (χ0) is 29.9. The number of fused-ring (bicyclic) bond motifs is 9. The van der Waals surface area contributed by atoms with Gasteiger partial charge in [-0.1, -0.05) is 125 Å². The Morgan fingerprint density at radius 3 is 2.26 bits per heavy atom. The van der Waals surface area contributed by atoms with Gasteiger partial charge in [-0.3, -0.25) is 0 Å². The Hall–Kier alpha value is -3.36. The predicted octanol–water partition coefficient (Wildman–Crippen LogP) is 10.9. The van der Waals surface area contributed by atoms with E-state index in [1.165, 1.54) is 87.3 Å². The van der Waals surface area contributed by atoms with E-state index in [2.05, 4.69) is 137 Å². The molecule has 0 saturated heterocycles. The van der Waals surface area contributed by atoms with Crippen molar-refractivity contribution in [1.82, 2.24) is 0 Å². The van der Waals surface area contributed by atoms with E-state index in [-0.39, 0.29) is 16.4 Å². The van der Waals surface area contributed by atoms with Gasteiger partial charge >= 0.3 is 0 Å². The van der Waals surface area contributed by atoms with Crippen molar-refractivity contribution in [2.24, 2.45) is 5.41 Å². The van der Waals surface area contributed by atoms with Crippen LogP contribution in [0.4, 0.5) is 11.4 Å². The number of hydrogen-bond acceptors (Lipinski definition) is 1. The van der Waals surface area contributed by atoms with Crippen LogP contribution in [0.3, 0.4) is 0 Å². The highest BCUT2D eigenvalue weighted by atomic mass is 28.3. The van der Waals surface area contributed by atoms with Crippen molar-refractivity contribution in [3.63, 3.8) is 0 Å². The topological polar surface area (TPSA) is 3.24 Å². The molecule has 2 heteroatoms. The van der Waals surface area contributed by atoms with Crippen LogP contribution in [0.15, 0.2) is 84.9 Å². The summed E-state index contributed by atoms with van der Waals surface area (Å²) in [4.78, 5) is 2.80. The van der Waals surface area contributed by atoms with Gasteiger partial charge < -0.3 is 4.90 Å². The van der Waals surface area contributed by atoms with E-state index in [0.717, 1.165) is 0 Å². The van der Waals surface area contributed by atoms with Crippen molar-refractivity contribution in [1.29, 1.82) is 0 Å². The molecule has 2 aliphatic carbocycles. The molecule has 0 N–H and O–H groups in total. The summed E-state index contributed by atoms with van der Waals surface area (Å²) in [5.74, 6) is 0. The van der Waals surface area contributed by atoms with E-state index in [0.29, 0.717) is 0 Å². The van der Waals surface area contributed by atoms with Gasteiger partial charge in [-0.25, -0.2) is 0 Å². The fourth-order valence-electron chi connectivity index (χ4n) is 9.19. The lowest BCUT2D eigenvalue weighted by atomic mass is 9.57. The second kappa shape index (κ2) is 8.85. The van der Waals surface area contributed by atoms with Gasteiger partial charge in [0, 0.05) is 22.3 Å². The van der Waals surface area contributed by atoms with Crippen LogP contribution in [0.1, 0.15) is 70.1 Å². The highest BCUT2D eigenvalue weighted by Gasteiger charge is 2.54. The minimum absolute atomic E-state index is 0.0579. The Bertz CT molecular complexity index is 1960. The summed E-state index contributed by atoms with van der Waals surface area (Å²) < 4.78 is 0. The molecular formula is C41H45NSi. The molecule has 43 heavy (non-hydrogen) atoms. The van der Waals surface area contributed by atoms with Crippen LogP contribution in [0, 0.1) is 5.41 Å². The van der Waals surface area contributed by atoms with E-state index < -0.39 is 8.07 Å². The molecule has 8 rings (SSSR count). The van der Waals surface area contributed by atoms with Gasteiger partial charge in [0.25, 0.3) is 0 Å². The summed E-state index contributed by atoms with van der Waals surface area (Å²) in [7, 11) is -1.41. The molecule has 5 aromatic carbocycles. The minimum atomic E-state index is -1.41. The Kier molecular flexibility index (Phi) is 5.60. The quantitative estimate of drug-likeness (QED) is 0.148. The van der Waals surface area contributed by atoms with Crippen molar-refractivity contribution in [3.05, 3.63) is 102 Å². The third-order valence-corrected chi connectivity index (χ3v) is 14.0. The summed E-state index contributed by atoms with van der Waals surface area (Å²) in [5.41, 5.74) is 10.4. The van der Waals surface area contributed by atoms with Gasteiger partial charge in [-0.2, -0.15) is 0 Å². The van der Waals surface area contributed by atoms with Crippen molar-refractivity contribution >= 4 is 46.2 Å². The Balaban J connectivity index is 1.34. The maximum Gasteiger partial charge on any atom is 0.0776 e. The van der Waals surface area contributed by atoms with Gasteiger partial charge in [-0.15, -0.1) is 0 Å². The number of anilines is 2. The molecule has 0 aromatic heterocycles. The van der Waals surface area contributed by atoms with Crippen LogP contribution in [-0.2, 0) is 11.8 Å². The number of nitrogens with zero attached hydrogens (tertiary/aromatic N) is 1. The number of benzene rings is 5. The second-order valence-electron chi connectivity index (χ2n) is 15.9. The van der Waals surface area contributed by atoms with Gasteiger partial charge in [0.15, 0.2) is 0 Å². The highest BCUT2D eigenvalue weighted by molar-refractivity contribution is 6.88. The maximum atomic E-state index is 2.80. The monoisotopic (exact) mass is 579 g/mol. The van der Waals surface area contributed by atoms with Crippen LogP contribution in [0.2, 0.25) is 19.6 Å². The first-order chi connectivity index (χ1) is 20.4. The molecule has 218 valence electrons. The van der Waals surface area contributed by atoms with Crippen molar-refractivity contribution < 1.29 is 0 Å². The molecule has 3 aliphatic rings. The fourth-order valence-corrected chi connectivity index (χ4v) is 10.4. The van der Waals surface area contributed by atoms with E-state index in [1.807, 2.05) is 0 Å². The Labute approximate surface area is 259 Å². The average molecular weight is 580 g/mol. The third kappa shape index (κ3) is 3.68. The number of hydrogen-bond donors (Lipinski definition) is 0. The molecule has 1 fully saturated rings. The number of rotatable bonds is 2.